The Balaban J connectivity index is 1.91. The Morgan fingerprint density at radius 3 is 2.46 bits per heavy atom. The molecule has 28 heavy (non-hydrogen) atoms. The van der Waals surface area contributed by atoms with Crippen molar-refractivity contribution in [1.82, 2.24) is 9.29 Å². The van der Waals surface area contributed by atoms with Crippen molar-refractivity contribution in [1.29, 1.82) is 0 Å². The first kappa shape index (κ1) is 20.8. The Hall–Kier alpha value is -1.97. The molecule has 0 bridgehead atoms. The highest BCUT2D eigenvalue weighted by atomic mass is 32.2. The largest absolute Gasteiger partial charge is 0.497 e. The van der Waals surface area contributed by atoms with E-state index in [1.54, 1.807) is 36.8 Å². The van der Waals surface area contributed by atoms with Gasteiger partial charge in [0.05, 0.1) is 25.7 Å². The predicted molar refractivity (Wildman–Crippen MR) is 106 cm³/mol. The lowest BCUT2D eigenvalue weighted by atomic mass is 9.95. The molecule has 0 atom stereocenters. The topological polar surface area (TPSA) is 85.8 Å². The summed E-state index contributed by atoms with van der Waals surface area (Å²) >= 11 is 1.26. The van der Waals surface area contributed by atoms with E-state index in [-0.39, 0.29) is 23.2 Å². The second-order valence-electron chi connectivity index (χ2n) is 6.64. The molecule has 1 aromatic heterocycles. The fourth-order valence-corrected chi connectivity index (χ4v) is 5.87. The summed E-state index contributed by atoms with van der Waals surface area (Å²) in [4.78, 5) is 16.2. The molecule has 1 saturated carbocycles. The monoisotopic (exact) mass is 424 g/mol. The second-order valence-corrected chi connectivity index (χ2v) is 9.47. The molecule has 0 radical (unpaired) electrons. The van der Waals surface area contributed by atoms with Gasteiger partial charge in [0.25, 0.3) is 0 Å². The maximum atomic E-state index is 13.4. The number of esters is 1. The maximum absolute atomic E-state index is 13.4. The zero-order valence-corrected chi connectivity index (χ0v) is 17.6. The van der Waals surface area contributed by atoms with Crippen LogP contribution in [-0.2, 0) is 21.3 Å². The minimum Gasteiger partial charge on any atom is -0.497 e. The first-order chi connectivity index (χ1) is 13.5. The van der Waals surface area contributed by atoms with Gasteiger partial charge in [-0.25, -0.2) is 18.2 Å². The number of ether oxygens (including phenoxy) is 2. The van der Waals surface area contributed by atoms with Crippen molar-refractivity contribution in [2.75, 3.05) is 14.2 Å². The number of rotatable bonds is 7. The van der Waals surface area contributed by atoms with E-state index in [0.717, 1.165) is 32.1 Å². The van der Waals surface area contributed by atoms with Crippen molar-refractivity contribution in [3.63, 3.8) is 0 Å². The summed E-state index contributed by atoms with van der Waals surface area (Å²) in [7, 11) is -0.876. The van der Waals surface area contributed by atoms with Gasteiger partial charge in [-0.1, -0.05) is 19.3 Å². The Labute approximate surface area is 169 Å². The second kappa shape index (κ2) is 9.02. The molecule has 1 heterocycles. The van der Waals surface area contributed by atoms with Gasteiger partial charge in [0, 0.05) is 11.4 Å². The summed E-state index contributed by atoms with van der Waals surface area (Å²) in [6.45, 7) is 0.140. The summed E-state index contributed by atoms with van der Waals surface area (Å²) < 4.78 is 38.2. The average molecular weight is 425 g/mol. The van der Waals surface area contributed by atoms with Crippen LogP contribution in [-0.4, -0.2) is 43.9 Å². The van der Waals surface area contributed by atoms with Crippen molar-refractivity contribution in [2.45, 2.75) is 49.6 Å². The molecule has 9 heteroatoms. The van der Waals surface area contributed by atoms with E-state index in [1.165, 1.54) is 22.8 Å². The molecule has 1 aliphatic carbocycles. The number of carbonyl (C=O) groups is 1. The highest BCUT2D eigenvalue weighted by Crippen LogP contribution is 2.30. The van der Waals surface area contributed by atoms with Gasteiger partial charge < -0.3 is 9.47 Å². The van der Waals surface area contributed by atoms with Crippen LogP contribution in [0.25, 0.3) is 0 Å². The molecule has 1 fully saturated rings. The molecule has 0 N–H and O–H groups in total. The molecule has 0 spiro atoms. The van der Waals surface area contributed by atoms with E-state index in [2.05, 4.69) is 4.98 Å². The summed E-state index contributed by atoms with van der Waals surface area (Å²) in [5, 5.41) is 2.17. The Bertz CT molecular complexity index is 903. The number of aromatic nitrogens is 1. The van der Waals surface area contributed by atoms with Crippen molar-refractivity contribution in [3.05, 3.63) is 40.3 Å². The lowest BCUT2D eigenvalue weighted by Crippen LogP contribution is -2.40. The molecule has 1 aromatic carbocycles. The molecular weight excluding hydrogens is 400 g/mol. The van der Waals surface area contributed by atoms with E-state index in [4.69, 9.17) is 9.47 Å². The van der Waals surface area contributed by atoms with Gasteiger partial charge in [0.15, 0.2) is 5.69 Å². The van der Waals surface area contributed by atoms with Crippen molar-refractivity contribution < 1.29 is 22.7 Å². The molecule has 1 aliphatic rings. The molecular formula is C19H24N2O5S2. The van der Waals surface area contributed by atoms with Gasteiger partial charge in [0.1, 0.15) is 10.8 Å². The minimum atomic E-state index is -3.71. The van der Waals surface area contributed by atoms with Crippen LogP contribution in [0.15, 0.2) is 34.5 Å². The summed E-state index contributed by atoms with van der Waals surface area (Å²) in [5.74, 6) is 0.0792. The van der Waals surface area contributed by atoms with Crippen LogP contribution in [0.1, 0.15) is 47.6 Å². The Kier molecular flexibility index (Phi) is 6.69. The highest BCUT2D eigenvalue weighted by molar-refractivity contribution is 7.89. The first-order valence-corrected chi connectivity index (χ1v) is 11.5. The van der Waals surface area contributed by atoms with Crippen LogP contribution in [0, 0.1) is 0 Å². The molecule has 3 rings (SSSR count). The Morgan fingerprint density at radius 1 is 1.18 bits per heavy atom. The van der Waals surface area contributed by atoms with Gasteiger partial charge in [-0.2, -0.15) is 4.31 Å². The number of hydrogen-bond donors (Lipinski definition) is 0. The molecule has 0 aliphatic heterocycles. The number of hydrogen-bond acceptors (Lipinski definition) is 7. The lowest BCUT2D eigenvalue weighted by Gasteiger charge is -2.33. The van der Waals surface area contributed by atoms with Crippen LogP contribution >= 0.6 is 11.3 Å². The van der Waals surface area contributed by atoms with Crippen LogP contribution in [0.2, 0.25) is 0 Å². The standard InChI is InChI=1S/C19H24N2O5S2/c1-25-15-8-10-16(11-9-15)28(23,24)21(14-6-4-3-5-7-14)12-18-20-17(13-27-18)19(22)26-2/h8-11,13-14H,3-7,12H2,1-2H3. The molecule has 7 nitrogen and oxygen atoms in total. The molecule has 0 amide bonds. The van der Waals surface area contributed by atoms with Crippen LogP contribution in [0.4, 0.5) is 0 Å². The van der Waals surface area contributed by atoms with Gasteiger partial charge in [-0.15, -0.1) is 11.3 Å². The zero-order chi connectivity index (χ0) is 20.1. The molecule has 0 saturated heterocycles. The van der Waals surface area contributed by atoms with Gasteiger partial charge in [-0.3, -0.25) is 0 Å². The van der Waals surface area contributed by atoms with E-state index in [0.29, 0.717) is 10.8 Å². The Morgan fingerprint density at radius 2 is 1.86 bits per heavy atom. The number of sulfonamides is 1. The predicted octanol–water partition coefficient (Wildman–Crippen LogP) is 3.46. The van der Waals surface area contributed by atoms with E-state index >= 15 is 0 Å². The quantitative estimate of drug-likeness (QED) is 0.633. The summed E-state index contributed by atoms with van der Waals surface area (Å²) in [6.07, 6.45) is 4.78. The van der Waals surface area contributed by atoms with Crippen LogP contribution in [0.3, 0.4) is 0 Å². The fourth-order valence-electron chi connectivity index (χ4n) is 3.38. The van der Waals surface area contributed by atoms with Crippen molar-refractivity contribution >= 4 is 27.3 Å². The van der Waals surface area contributed by atoms with Gasteiger partial charge in [0.2, 0.25) is 10.0 Å². The molecule has 0 unspecified atom stereocenters. The normalized spacial score (nSPS) is 15.5. The summed E-state index contributed by atoms with van der Waals surface area (Å²) in [6, 6.07) is 6.33. The number of thiazole rings is 1. The molecule has 2 aromatic rings. The number of methoxy groups -OCH3 is 2. The third-order valence-electron chi connectivity index (χ3n) is 4.89. The van der Waals surface area contributed by atoms with Gasteiger partial charge >= 0.3 is 5.97 Å². The van der Waals surface area contributed by atoms with Crippen LogP contribution < -0.4 is 4.74 Å². The van der Waals surface area contributed by atoms with E-state index < -0.39 is 16.0 Å². The SMILES string of the molecule is COC(=O)c1csc(CN(C2CCCCC2)S(=O)(=O)c2ccc(OC)cc2)n1. The van der Waals surface area contributed by atoms with E-state index in [1.807, 2.05) is 0 Å². The zero-order valence-electron chi connectivity index (χ0n) is 16.0. The third-order valence-corrected chi connectivity index (χ3v) is 7.63. The third kappa shape index (κ3) is 4.53. The number of carbonyl (C=O) groups excluding carboxylic acids is 1. The minimum absolute atomic E-state index is 0.0775. The van der Waals surface area contributed by atoms with Crippen molar-refractivity contribution in [2.24, 2.45) is 0 Å². The number of nitrogens with zero attached hydrogens (tertiary/aromatic N) is 2. The maximum Gasteiger partial charge on any atom is 0.357 e. The smallest absolute Gasteiger partial charge is 0.357 e. The fraction of sp³-hybridized carbons (Fsp3) is 0.474. The highest BCUT2D eigenvalue weighted by Gasteiger charge is 2.33. The lowest BCUT2D eigenvalue weighted by molar-refractivity contribution is 0.0594. The van der Waals surface area contributed by atoms with E-state index in [9.17, 15) is 13.2 Å². The van der Waals surface area contributed by atoms with Gasteiger partial charge in [-0.05, 0) is 37.1 Å². The number of benzene rings is 1. The first-order valence-electron chi connectivity index (χ1n) is 9.14. The van der Waals surface area contributed by atoms with Crippen LogP contribution in [0.5, 0.6) is 5.75 Å². The average Bonchev–Trinajstić information content (AvgIpc) is 3.21. The van der Waals surface area contributed by atoms with Crippen molar-refractivity contribution in [3.8, 4) is 5.75 Å². The molecule has 152 valence electrons. The summed E-state index contributed by atoms with van der Waals surface area (Å²) in [5.41, 5.74) is 0.202.